The Morgan fingerprint density at radius 1 is 1.03 bits per heavy atom. The average molecular weight is 485 g/mol. The van der Waals surface area contributed by atoms with Gasteiger partial charge in [-0.05, 0) is 42.3 Å². The first-order valence-electron chi connectivity index (χ1n) is 12.0. The molecule has 0 unspecified atom stereocenters. The molecular formula is C29H28N2O5. The Kier molecular flexibility index (Phi) is 6.35. The van der Waals surface area contributed by atoms with Crippen molar-refractivity contribution in [1.82, 2.24) is 0 Å². The molecule has 0 aliphatic carbocycles. The highest BCUT2D eigenvalue weighted by atomic mass is 16.5. The zero-order valence-electron chi connectivity index (χ0n) is 20.0. The van der Waals surface area contributed by atoms with Gasteiger partial charge in [0.25, 0.3) is 11.8 Å². The summed E-state index contributed by atoms with van der Waals surface area (Å²) in [5.41, 5.74) is 1.31. The molecule has 36 heavy (non-hydrogen) atoms. The SMILES string of the molecule is C[C@@H](/C=C/CCO)[C@]1(O)C(=O)N(Cc2ccccc2)c2ccc(N3C(=O)COc4ccccc43)cc21. The van der Waals surface area contributed by atoms with Crippen LogP contribution in [-0.4, -0.2) is 35.2 Å². The molecule has 0 radical (unpaired) electrons. The van der Waals surface area contributed by atoms with Crippen LogP contribution in [0.4, 0.5) is 17.1 Å². The lowest BCUT2D eigenvalue weighted by molar-refractivity contribution is -0.139. The number of fused-ring (bicyclic) bond motifs is 2. The topological polar surface area (TPSA) is 90.3 Å². The van der Waals surface area contributed by atoms with E-state index in [2.05, 4.69) is 0 Å². The van der Waals surface area contributed by atoms with Gasteiger partial charge in [0.2, 0.25) is 0 Å². The minimum Gasteiger partial charge on any atom is -0.482 e. The summed E-state index contributed by atoms with van der Waals surface area (Å²) in [6.07, 6.45) is 3.95. The predicted octanol–water partition coefficient (Wildman–Crippen LogP) is 4.05. The summed E-state index contributed by atoms with van der Waals surface area (Å²) < 4.78 is 5.58. The second kappa shape index (κ2) is 9.60. The van der Waals surface area contributed by atoms with E-state index in [1.807, 2.05) is 42.5 Å². The molecule has 3 aromatic rings. The Balaban J connectivity index is 1.62. The lowest BCUT2D eigenvalue weighted by Crippen LogP contribution is -2.44. The molecule has 0 fully saturated rings. The molecule has 7 heteroatoms. The van der Waals surface area contributed by atoms with Crippen LogP contribution in [0.1, 0.15) is 24.5 Å². The van der Waals surface area contributed by atoms with Crippen molar-refractivity contribution < 1.29 is 24.5 Å². The molecule has 2 atom stereocenters. The maximum absolute atomic E-state index is 13.8. The van der Waals surface area contributed by atoms with Crippen LogP contribution in [-0.2, 0) is 21.7 Å². The maximum Gasteiger partial charge on any atom is 0.269 e. The molecular weight excluding hydrogens is 456 g/mol. The summed E-state index contributed by atoms with van der Waals surface area (Å²) in [6.45, 7) is 1.97. The fourth-order valence-corrected chi connectivity index (χ4v) is 4.90. The molecule has 2 N–H and O–H groups in total. The minimum absolute atomic E-state index is 0.0188. The van der Waals surface area contributed by atoms with E-state index in [1.54, 1.807) is 59.2 Å². The Morgan fingerprint density at radius 3 is 2.56 bits per heavy atom. The molecule has 0 aromatic heterocycles. The van der Waals surface area contributed by atoms with Crippen LogP contribution in [0.2, 0.25) is 0 Å². The molecule has 184 valence electrons. The van der Waals surface area contributed by atoms with Gasteiger partial charge < -0.3 is 19.8 Å². The van der Waals surface area contributed by atoms with Crippen molar-refractivity contribution in [3.63, 3.8) is 0 Å². The predicted molar refractivity (Wildman–Crippen MR) is 137 cm³/mol. The van der Waals surface area contributed by atoms with Gasteiger partial charge in [0.05, 0.1) is 17.9 Å². The summed E-state index contributed by atoms with van der Waals surface area (Å²) in [5, 5.41) is 21.2. The van der Waals surface area contributed by atoms with Crippen LogP contribution in [0.25, 0.3) is 0 Å². The first kappa shape index (κ1) is 23.8. The van der Waals surface area contributed by atoms with Crippen molar-refractivity contribution in [3.05, 3.63) is 96.1 Å². The quantitative estimate of drug-likeness (QED) is 0.494. The lowest BCUT2D eigenvalue weighted by Gasteiger charge is -2.31. The van der Waals surface area contributed by atoms with Gasteiger partial charge in [-0.3, -0.25) is 14.5 Å². The normalized spacial score (nSPS) is 19.9. The van der Waals surface area contributed by atoms with Gasteiger partial charge in [0.15, 0.2) is 12.2 Å². The molecule has 0 saturated heterocycles. The highest BCUT2D eigenvalue weighted by molar-refractivity contribution is 6.09. The van der Waals surface area contributed by atoms with Crippen LogP contribution in [0, 0.1) is 5.92 Å². The van der Waals surface area contributed by atoms with Gasteiger partial charge in [-0.1, -0.05) is 61.5 Å². The number of aliphatic hydroxyl groups is 2. The third-order valence-electron chi connectivity index (χ3n) is 6.78. The van der Waals surface area contributed by atoms with E-state index in [9.17, 15) is 19.8 Å². The number of anilines is 3. The van der Waals surface area contributed by atoms with Crippen molar-refractivity contribution >= 4 is 28.9 Å². The van der Waals surface area contributed by atoms with E-state index >= 15 is 0 Å². The molecule has 2 amide bonds. The fraction of sp³-hybridized carbons (Fsp3) is 0.241. The molecule has 7 nitrogen and oxygen atoms in total. The number of rotatable bonds is 7. The molecule has 0 saturated carbocycles. The summed E-state index contributed by atoms with van der Waals surface area (Å²) in [5.74, 6) is -0.638. The van der Waals surface area contributed by atoms with Crippen molar-refractivity contribution in [3.8, 4) is 5.75 Å². The van der Waals surface area contributed by atoms with Gasteiger partial charge >= 0.3 is 0 Å². The largest absolute Gasteiger partial charge is 0.482 e. The number of hydrogen-bond acceptors (Lipinski definition) is 5. The van der Waals surface area contributed by atoms with Crippen molar-refractivity contribution in [2.75, 3.05) is 23.0 Å². The third kappa shape index (κ3) is 3.96. The molecule has 2 aliphatic heterocycles. The van der Waals surface area contributed by atoms with E-state index in [0.717, 1.165) is 5.56 Å². The number of carbonyl (C=O) groups is 2. The minimum atomic E-state index is -1.83. The summed E-state index contributed by atoms with van der Waals surface area (Å²) in [7, 11) is 0. The number of nitrogens with zero attached hydrogens (tertiary/aromatic N) is 2. The van der Waals surface area contributed by atoms with Crippen LogP contribution in [0.15, 0.2) is 84.9 Å². The first-order chi connectivity index (χ1) is 17.4. The highest BCUT2D eigenvalue weighted by Gasteiger charge is 2.52. The molecule has 3 aromatic carbocycles. The van der Waals surface area contributed by atoms with Crippen LogP contribution >= 0.6 is 0 Å². The summed E-state index contributed by atoms with van der Waals surface area (Å²) in [6, 6.07) is 22.2. The standard InChI is InChI=1S/C29H28N2O5/c1-20(9-7-8-16-32)29(35)23-17-22(31-25-12-5-6-13-26(25)36-19-27(31)33)14-15-24(23)30(28(29)34)18-21-10-3-2-4-11-21/h2-7,9-15,17,20,32,35H,8,16,18-19H2,1H3/b9-7+/t20-,29+/m0/s1. The van der Waals surface area contributed by atoms with Crippen molar-refractivity contribution in [2.45, 2.75) is 25.5 Å². The first-order valence-corrected chi connectivity index (χ1v) is 12.0. The average Bonchev–Trinajstić information content (AvgIpc) is 3.11. The Labute approximate surface area is 209 Å². The number of aliphatic hydroxyl groups excluding tert-OH is 1. The molecule has 0 spiro atoms. The van der Waals surface area contributed by atoms with E-state index < -0.39 is 17.4 Å². The number of hydrogen-bond donors (Lipinski definition) is 2. The van der Waals surface area contributed by atoms with Crippen LogP contribution in [0.3, 0.4) is 0 Å². The summed E-state index contributed by atoms with van der Waals surface area (Å²) >= 11 is 0. The van der Waals surface area contributed by atoms with E-state index in [0.29, 0.717) is 41.3 Å². The van der Waals surface area contributed by atoms with Gasteiger partial charge in [0.1, 0.15) is 5.75 Å². The van der Waals surface area contributed by atoms with Crippen LogP contribution in [0.5, 0.6) is 5.75 Å². The summed E-state index contributed by atoms with van der Waals surface area (Å²) in [4.78, 5) is 29.9. The van der Waals surface area contributed by atoms with E-state index in [4.69, 9.17) is 4.74 Å². The zero-order valence-corrected chi connectivity index (χ0v) is 20.0. The van der Waals surface area contributed by atoms with Gasteiger partial charge in [-0.25, -0.2) is 0 Å². The lowest BCUT2D eigenvalue weighted by atomic mass is 9.82. The number of ether oxygens (including phenoxy) is 1. The second-order valence-electron chi connectivity index (χ2n) is 9.06. The molecule has 2 aliphatic rings. The van der Waals surface area contributed by atoms with E-state index in [1.165, 1.54) is 0 Å². The van der Waals surface area contributed by atoms with Gasteiger partial charge in [-0.15, -0.1) is 0 Å². The van der Waals surface area contributed by atoms with Gasteiger partial charge in [-0.2, -0.15) is 0 Å². The van der Waals surface area contributed by atoms with E-state index in [-0.39, 0.29) is 19.1 Å². The number of para-hydroxylation sites is 2. The smallest absolute Gasteiger partial charge is 0.269 e. The fourth-order valence-electron chi connectivity index (χ4n) is 4.90. The third-order valence-corrected chi connectivity index (χ3v) is 6.78. The Morgan fingerprint density at radius 2 is 1.78 bits per heavy atom. The van der Waals surface area contributed by atoms with Crippen molar-refractivity contribution in [2.24, 2.45) is 5.92 Å². The molecule has 2 heterocycles. The van der Waals surface area contributed by atoms with Gasteiger partial charge in [0, 0.05) is 23.8 Å². The Bertz CT molecular complexity index is 1320. The number of amides is 2. The van der Waals surface area contributed by atoms with Crippen molar-refractivity contribution in [1.29, 1.82) is 0 Å². The maximum atomic E-state index is 13.8. The second-order valence-corrected chi connectivity index (χ2v) is 9.06. The highest BCUT2D eigenvalue weighted by Crippen LogP contribution is 2.48. The van der Waals surface area contributed by atoms with Crippen LogP contribution < -0.4 is 14.5 Å². The molecule has 5 rings (SSSR count). The number of benzene rings is 3. The zero-order chi connectivity index (χ0) is 25.3. The number of carbonyl (C=O) groups excluding carboxylic acids is 2. The molecule has 0 bridgehead atoms. The Hall–Kier alpha value is -3.94. The monoisotopic (exact) mass is 484 g/mol.